The van der Waals surface area contributed by atoms with E-state index in [4.69, 9.17) is 55.7 Å². The van der Waals surface area contributed by atoms with Gasteiger partial charge in [-0.15, -0.1) is 0 Å². The molecular formula is C13H10Cl3O2PS. The Morgan fingerprint density at radius 3 is 2.05 bits per heavy atom. The van der Waals surface area contributed by atoms with E-state index in [-0.39, 0.29) is 5.75 Å². The molecule has 0 aromatic heterocycles. The van der Waals surface area contributed by atoms with Gasteiger partial charge in [0.1, 0.15) is 0 Å². The normalized spacial score (nSPS) is 13.8. The molecule has 0 aliphatic rings. The lowest BCUT2D eigenvalue weighted by atomic mass is 10.3. The molecule has 2 rings (SSSR count). The molecule has 0 fully saturated rings. The van der Waals surface area contributed by atoms with Gasteiger partial charge in [-0.2, -0.15) is 0 Å². The first kappa shape index (κ1) is 16.1. The highest BCUT2D eigenvalue weighted by molar-refractivity contribution is 8.13. The molecule has 7 heteroatoms. The Hall–Kier alpha value is -0.280. The third-order valence-electron chi connectivity index (χ3n) is 2.49. The van der Waals surface area contributed by atoms with Crippen LogP contribution >= 0.6 is 41.3 Å². The Labute approximate surface area is 137 Å². The molecular weight excluding hydrogens is 358 g/mol. The van der Waals surface area contributed by atoms with E-state index in [0.717, 1.165) is 5.30 Å². The van der Waals surface area contributed by atoms with Gasteiger partial charge >= 0.3 is 0 Å². The van der Waals surface area contributed by atoms with Crippen LogP contribution in [0.2, 0.25) is 15.1 Å². The fourth-order valence-corrected chi connectivity index (χ4v) is 4.50. The molecule has 0 bridgehead atoms. The minimum atomic E-state index is -2.72. The second-order valence-corrected chi connectivity index (χ2v) is 8.56. The van der Waals surface area contributed by atoms with Gasteiger partial charge in [0.05, 0.1) is 10.0 Å². The Morgan fingerprint density at radius 2 is 1.55 bits per heavy atom. The summed E-state index contributed by atoms with van der Waals surface area (Å²) in [5, 5.41) is 1.80. The molecule has 2 aromatic carbocycles. The molecule has 1 unspecified atom stereocenters. The van der Waals surface area contributed by atoms with Crippen molar-refractivity contribution in [2.75, 3.05) is 7.11 Å². The number of hydrogen-bond donors (Lipinski definition) is 0. The van der Waals surface area contributed by atoms with Gasteiger partial charge in [0.15, 0.2) is 5.75 Å². The van der Waals surface area contributed by atoms with E-state index < -0.39 is 6.49 Å². The van der Waals surface area contributed by atoms with Crippen LogP contribution in [-0.4, -0.2) is 7.11 Å². The van der Waals surface area contributed by atoms with Crippen LogP contribution in [-0.2, 0) is 16.3 Å². The summed E-state index contributed by atoms with van der Waals surface area (Å²) in [6.45, 7) is -2.72. The first-order valence-corrected chi connectivity index (χ1v) is 9.29. The molecule has 20 heavy (non-hydrogen) atoms. The van der Waals surface area contributed by atoms with Gasteiger partial charge < -0.3 is 9.05 Å². The minimum Gasteiger partial charge on any atom is -0.437 e. The van der Waals surface area contributed by atoms with Gasteiger partial charge in [0.25, 0.3) is 6.49 Å². The van der Waals surface area contributed by atoms with Crippen molar-refractivity contribution in [1.82, 2.24) is 0 Å². The molecule has 2 aromatic rings. The van der Waals surface area contributed by atoms with Crippen LogP contribution in [0.15, 0.2) is 42.5 Å². The maximum absolute atomic E-state index is 6.11. The summed E-state index contributed by atoms with van der Waals surface area (Å²) in [5.41, 5.74) is 0. The second-order valence-electron chi connectivity index (χ2n) is 3.81. The lowest BCUT2D eigenvalue weighted by Gasteiger charge is -2.22. The van der Waals surface area contributed by atoms with Gasteiger partial charge in [-0.05, 0) is 36.1 Å². The SMILES string of the molecule is COP(=S)(Oc1c(Cl)cc(Cl)cc1Cl)c1ccccc1. The van der Waals surface area contributed by atoms with Gasteiger partial charge in [-0.1, -0.05) is 53.0 Å². The van der Waals surface area contributed by atoms with Crippen molar-refractivity contribution in [3.8, 4) is 5.75 Å². The number of benzene rings is 2. The van der Waals surface area contributed by atoms with Gasteiger partial charge in [0.2, 0.25) is 0 Å². The third kappa shape index (κ3) is 3.48. The van der Waals surface area contributed by atoms with Crippen LogP contribution in [0.1, 0.15) is 0 Å². The maximum atomic E-state index is 6.11. The largest absolute Gasteiger partial charge is 0.437 e. The quantitative estimate of drug-likeness (QED) is 0.683. The molecule has 0 N–H and O–H groups in total. The van der Waals surface area contributed by atoms with Crippen molar-refractivity contribution >= 4 is 58.4 Å². The molecule has 106 valence electrons. The smallest absolute Gasteiger partial charge is 0.268 e. The van der Waals surface area contributed by atoms with Crippen molar-refractivity contribution in [3.63, 3.8) is 0 Å². The standard InChI is InChI=1S/C13H10Cl3O2PS/c1-17-19(20,10-5-3-2-4-6-10)18-13-11(15)7-9(14)8-12(13)16/h2-8H,1H3. The van der Waals surface area contributed by atoms with E-state index in [2.05, 4.69) is 0 Å². The van der Waals surface area contributed by atoms with Crippen molar-refractivity contribution in [2.24, 2.45) is 0 Å². The van der Waals surface area contributed by atoms with Crippen LogP contribution in [0.4, 0.5) is 0 Å². The number of hydrogen-bond acceptors (Lipinski definition) is 3. The van der Waals surface area contributed by atoms with E-state index in [1.165, 1.54) is 7.11 Å². The second kappa shape index (κ2) is 6.65. The Morgan fingerprint density at radius 1 is 1.00 bits per heavy atom. The van der Waals surface area contributed by atoms with Gasteiger partial charge in [0, 0.05) is 17.4 Å². The van der Waals surface area contributed by atoms with E-state index in [1.54, 1.807) is 12.1 Å². The Bertz CT molecular complexity index is 641. The summed E-state index contributed by atoms with van der Waals surface area (Å²) in [4.78, 5) is 0. The van der Waals surface area contributed by atoms with Gasteiger partial charge in [-0.3, -0.25) is 0 Å². The topological polar surface area (TPSA) is 18.5 Å². The van der Waals surface area contributed by atoms with E-state index in [9.17, 15) is 0 Å². The van der Waals surface area contributed by atoms with Crippen molar-refractivity contribution in [1.29, 1.82) is 0 Å². The van der Waals surface area contributed by atoms with E-state index >= 15 is 0 Å². The maximum Gasteiger partial charge on any atom is 0.268 e. The first-order valence-electron chi connectivity index (χ1n) is 5.52. The van der Waals surface area contributed by atoms with Crippen molar-refractivity contribution in [3.05, 3.63) is 57.5 Å². The highest BCUT2D eigenvalue weighted by atomic mass is 35.5. The van der Waals surface area contributed by atoms with Crippen molar-refractivity contribution in [2.45, 2.75) is 0 Å². The van der Waals surface area contributed by atoms with Crippen LogP contribution in [0, 0.1) is 0 Å². The lowest BCUT2D eigenvalue weighted by Crippen LogP contribution is -2.10. The molecule has 0 heterocycles. The molecule has 2 nitrogen and oxygen atoms in total. The number of rotatable bonds is 4. The molecule has 0 aliphatic heterocycles. The summed E-state index contributed by atoms with van der Waals surface area (Å²) >= 11 is 23.6. The molecule has 0 radical (unpaired) electrons. The van der Waals surface area contributed by atoms with E-state index in [1.807, 2.05) is 30.3 Å². The summed E-state index contributed by atoms with van der Waals surface area (Å²) < 4.78 is 11.3. The minimum absolute atomic E-state index is 0.284. The summed E-state index contributed by atoms with van der Waals surface area (Å²) in [6.07, 6.45) is 0. The Kier molecular flexibility index (Phi) is 5.36. The van der Waals surface area contributed by atoms with Crippen LogP contribution in [0.5, 0.6) is 5.75 Å². The molecule has 0 spiro atoms. The van der Waals surface area contributed by atoms with Crippen LogP contribution < -0.4 is 9.83 Å². The summed E-state index contributed by atoms with van der Waals surface area (Å²) in [7, 11) is 1.51. The highest BCUT2D eigenvalue weighted by Gasteiger charge is 2.24. The molecule has 0 amide bonds. The first-order chi connectivity index (χ1) is 9.46. The molecule has 1 atom stereocenters. The van der Waals surface area contributed by atoms with E-state index in [0.29, 0.717) is 15.1 Å². The average molecular weight is 368 g/mol. The lowest BCUT2D eigenvalue weighted by molar-refractivity contribution is 0.402. The fraction of sp³-hybridized carbons (Fsp3) is 0.0769. The van der Waals surface area contributed by atoms with Crippen LogP contribution in [0.3, 0.4) is 0 Å². The number of halogens is 3. The molecule has 0 saturated heterocycles. The molecule has 0 saturated carbocycles. The summed E-state index contributed by atoms with van der Waals surface area (Å²) in [6, 6.07) is 12.4. The monoisotopic (exact) mass is 366 g/mol. The predicted octanol–water partition coefficient (Wildman–Crippen LogP) is 5.31. The fourth-order valence-electron chi connectivity index (χ4n) is 1.54. The van der Waals surface area contributed by atoms with Gasteiger partial charge in [-0.25, -0.2) is 0 Å². The zero-order valence-corrected chi connectivity index (χ0v) is 14.3. The zero-order valence-electron chi connectivity index (χ0n) is 10.3. The predicted molar refractivity (Wildman–Crippen MR) is 89.5 cm³/mol. The molecule has 0 aliphatic carbocycles. The average Bonchev–Trinajstić information content (AvgIpc) is 2.43. The van der Waals surface area contributed by atoms with Crippen LogP contribution in [0.25, 0.3) is 0 Å². The van der Waals surface area contributed by atoms with Crippen molar-refractivity contribution < 1.29 is 9.05 Å². The Balaban J connectivity index is 2.44. The highest BCUT2D eigenvalue weighted by Crippen LogP contribution is 2.51. The third-order valence-corrected chi connectivity index (χ3v) is 6.40. The summed E-state index contributed by atoms with van der Waals surface area (Å²) in [5.74, 6) is 0.284. The zero-order chi connectivity index (χ0) is 14.8.